The van der Waals surface area contributed by atoms with Crippen molar-refractivity contribution in [3.05, 3.63) is 0 Å². The van der Waals surface area contributed by atoms with E-state index in [9.17, 15) is 8.42 Å². The fraction of sp³-hybridized carbons (Fsp3) is 0.889. The van der Waals surface area contributed by atoms with Crippen molar-refractivity contribution in [2.24, 2.45) is 11.1 Å². The molecule has 3 N–H and O–H groups in total. The van der Waals surface area contributed by atoms with Gasteiger partial charge in [0.05, 0.1) is 4.99 Å². The Kier molecular flexibility index (Phi) is 3.73. The number of nitrogens with one attached hydrogen (secondary N) is 1. The van der Waals surface area contributed by atoms with Gasteiger partial charge in [0, 0.05) is 6.04 Å². The van der Waals surface area contributed by atoms with Crippen LogP contribution in [0.4, 0.5) is 0 Å². The number of rotatable bonds is 4. The van der Waals surface area contributed by atoms with Gasteiger partial charge in [0.15, 0.2) is 0 Å². The molecule has 1 atom stereocenters. The molecule has 15 heavy (non-hydrogen) atoms. The lowest BCUT2D eigenvalue weighted by Crippen LogP contribution is -2.44. The van der Waals surface area contributed by atoms with Crippen molar-refractivity contribution >= 4 is 27.2 Å². The van der Waals surface area contributed by atoms with E-state index in [-0.39, 0.29) is 22.2 Å². The third-order valence-corrected chi connectivity index (χ3v) is 4.57. The first-order valence-corrected chi connectivity index (χ1v) is 7.07. The van der Waals surface area contributed by atoms with E-state index in [4.69, 9.17) is 5.73 Å². The number of nitrogens with two attached hydrogens (primary N) is 1. The van der Waals surface area contributed by atoms with Crippen molar-refractivity contribution in [3.63, 3.8) is 0 Å². The molecule has 0 saturated heterocycles. The first-order chi connectivity index (χ1) is 6.73. The summed E-state index contributed by atoms with van der Waals surface area (Å²) in [7, 11) is -3.35. The second-order valence-electron chi connectivity index (χ2n) is 4.78. The topological polar surface area (TPSA) is 72.2 Å². The van der Waals surface area contributed by atoms with Gasteiger partial charge in [0.25, 0.3) is 0 Å². The molecule has 0 bridgehead atoms. The Morgan fingerprint density at radius 2 is 2.20 bits per heavy atom. The van der Waals surface area contributed by atoms with Gasteiger partial charge >= 0.3 is 0 Å². The molecule has 0 aromatic rings. The van der Waals surface area contributed by atoms with Crippen LogP contribution in [0.1, 0.15) is 33.1 Å². The van der Waals surface area contributed by atoms with Gasteiger partial charge in [0.1, 0.15) is 5.75 Å². The standard InChI is InChI=1S/C9H18N2O2S2/c1-9(2)5-3-4-7(9)11-15(12,13)6-8(10)14/h7,11H,3-6H2,1-2H3,(H2,10,14). The molecule has 1 rings (SSSR count). The van der Waals surface area contributed by atoms with E-state index in [1.807, 2.05) is 0 Å². The number of sulfonamides is 1. The van der Waals surface area contributed by atoms with Crippen molar-refractivity contribution in [2.45, 2.75) is 39.2 Å². The number of hydrogen-bond donors (Lipinski definition) is 2. The summed E-state index contributed by atoms with van der Waals surface area (Å²) in [6, 6.07) is 0.0110. The van der Waals surface area contributed by atoms with E-state index in [1.54, 1.807) is 0 Å². The minimum absolute atomic E-state index is 0.0110. The highest BCUT2D eigenvalue weighted by atomic mass is 32.2. The van der Waals surface area contributed by atoms with Gasteiger partial charge in [-0.1, -0.05) is 32.5 Å². The van der Waals surface area contributed by atoms with Gasteiger partial charge in [-0.15, -0.1) is 0 Å². The molecular formula is C9H18N2O2S2. The predicted octanol–water partition coefficient (Wildman–Crippen LogP) is 0.771. The summed E-state index contributed by atoms with van der Waals surface area (Å²) in [5, 5.41) is 0. The third kappa shape index (κ3) is 3.70. The van der Waals surface area contributed by atoms with Crippen LogP contribution in [-0.4, -0.2) is 25.2 Å². The van der Waals surface area contributed by atoms with Crippen LogP contribution in [0.3, 0.4) is 0 Å². The minimum Gasteiger partial charge on any atom is -0.392 e. The maximum absolute atomic E-state index is 11.6. The van der Waals surface area contributed by atoms with Crippen molar-refractivity contribution < 1.29 is 8.42 Å². The Labute approximate surface area is 96.7 Å². The van der Waals surface area contributed by atoms with Gasteiger partial charge in [0.2, 0.25) is 10.0 Å². The zero-order valence-electron chi connectivity index (χ0n) is 9.12. The van der Waals surface area contributed by atoms with Crippen LogP contribution in [-0.2, 0) is 10.0 Å². The molecule has 0 spiro atoms. The second kappa shape index (κ2) is 4.35. The Morgan fingerprint density at radius 3 is 2.60 bits per heavy atom. The highest BCUT2D eigenvalue weighted by Gasteiger charge is 2.36. The normalized spacial score (nSPS) is 25.3. The summed E-state index contributed by atoms with van der Waals surface area (Å²) in [4.78, 5) is 0.0123. The average molecular weight is 250 g/mol. The molecule has 0 heterocycles. The zero-order chi connectivity index (χ0) is 11.7. The van der Waals surface area contributed by atoms with Crippen LogP contribution >= 0.6 is 12.2 Å². The van der Waals surface area contributed by atoms with Crippen LogP contribution < -0.4 is 10.5 Å². The largest absolute Gasteiger partial charge is 0.392 e. The molecule has 1 aliphatic carbocycles. The van der Waals surface area contributed by atoms with E-state index in [1.165, 1.54) is 0 Å². The second-order valence-corrected chi connectivity index (χ2v) is 7.05. The molecule has 1 unspecified atom stereocenters. The smallest absolute Gasteiger partial charge is 0.218 e. The van der Waals surface area contributed by atoms with E-state index in [0.29, 0.717) is 0 Å². The molecule has 1 aliphatic rings. The van der Waals surface area contributed by atoms with Gasteiger partial charge < -0.3 is 5.73 Å². The van der Waals surface area contributed by atoms with Crippen molar-refractivity contribution in [2.75, 3.05) is 5.75 Å². The highest BCUT2D eigenvalue weighted by molar-refractivity contribution is 7.92. The summed E-state index contributed by atoms with van der Waals surface area (Å²) in [5.41, 5.74) is 5.26. The van der Waals surface area contributed by atoms with Crippen LogP contribution in [0.5, 0.6) is 0 Å². The van der Waals surface area contributed by atoms with Crippen LogP contribution in [0.25, 0.3) is 0 Å². The molecule has 6 heteroatoms. The molecule has 0 aromatic carbocycles. The first-order valence-electron chi connectivity index (χ1n) is 5.01. The lowest BCUT2D eigenvalue weighted by atomic mass is 9.88. The summed E-state index contributed by atoms with van der Waals surface area (Å²) >= 11 is 4.60. The molecule has 1 fully saturated rings. The van der Waals surface area contributed by atoms with Crippen molar-refractivity contribution in [1.82, 2.24) is 4.72 Å². The lowest BCUT2D eigenvalue weighted by molar-refractivity contribution is 0.313. The fourth-order valence-corrected chi connectivity index (χ4v) is 3.78. The molecule has 0 radical (unpaired) electrons. The minimum atomic E-state index is -3.35. The highest BCUT2D eigenvalue weighted by Crippen LogP contribution is 2.37. The van der Waals surface area contributed by atoms with Crippen LogP contribution in [0.2, 0.25) is 0 Å². The summed E-state index contributed by atoms with van der Waals surface area (Å²) in [6.45, 7) is 4.15. The van der Waals surface area contributed by atoms with Crippen molar-refractivity contribution in [1.29, 1.82) is 0 Å². The Balaban J connectivity index is 2.66. The van der Waals surface area contributed by atoms with Crippen LogP contribution in [0.15, 0.2) is 0 Å². The van der Waals surface area contributed by atoms with E-state index in [0.717, 1.165) is 19.3 Å². The molecule has 4 nitrogen and oxygen atoms in total. The molecule has 0 aliphatic heterocycles. The predicted molar refractivity (Wildman–Crippen MR) is 65.1 cm³/mol. The van der Waals surface area contributed by atoms with Gasteiger partial charge in [-0.25, -0.2) is 13.1 Å². The molecule has 88 valence electrons. The summed E-state index contributed by atoms with van der Waals surface area (Å²) in [5.74, 6) is -0.255. The third-order valence-electron chi connectivity index (χ3n) is 2.91. The summed E-state index contributed by atoms with van der Waals surface area (Å²) < 4.78 is 25.9. The monoisotopic (exact) mass is 250 g/mol. The van der Waals surface area contributed by atoms with E-state index in [2.05, 4.69) is 30.8 Å². The van der Waals surface area contributed by atoms with Crippen LogP contribution in [0, 0.1) is 5.41 Å². The molecule has 0 aromatic heterocycles. The zero-order valence-corrected chi connectivity index (χ0v) is 10.7. The molecule has 0 amide bonds. The Bertz CT molecular complexity index is 349. The Morgan fingerprint density at radius 1 is 1.60 bits per heavy atom. The van der Waals surface area contributed by atoms with Crippen molar-refractivity contribution in [3.8, 4) is 0 Å². The maximum atomic E-state index is 11.6. The van der Waals surface area contributed by atoms with Gasteiger partial charge in [-0.3, -0.25) is 0 Å². The number of hydrogen-bond acceptors (Lipinski definition) is 3. The maximum Gasteiger partial charge on any atom is 0.218 e. The summed E-state index contributed by atoms with van der Waals surface area (Å²) in [6.07, 6.45) is 3.00. The van der Waals surface area contributed by atoms with E-state index < -0.39 is 10.0 Å². The first kappa shape index (κ1) is 12.9. The fourth-order valence-electron chi connectivity index (χ4n) is 1.99. The number of thiocarbonyl (C=S) groups is 1. The van der Waals surface area contributed by atoms with E-state index >= 15 is 0 Å². The SMILES string of the molecule is CC1(C)CCCC1NS(=O)(=O)CC(N)=S. The Hall–Kier alpha value is -0.200. The van der Waals surface area contributed by atoms with Gasteiger partial charge in [-0.05, 0) is 18.3 Å². The van der Waals surface area contributed by atoms with Gasteiger partial charge in [-0.2, -0.15) is 0 Å². The lowest BCUT2D eigenvalue weighted by Gasteiger charge is -2.27. The molecular weight excluding hydrogens is 232 g/mol. The average Bonchev–Trinajstić information content (AvgIpc) is 2.26. The molecule has 1 saturated carbocycles. The quantitative estimate of drug-likeness (QED) is 0.723.